The van der Waals surface area contributed by atoms with Gasteiger partial charge in [0.25, 0.3) is 0 Å². The quantitative estimate of drug-likeness (QED) is 0.560. The highest BCUT2D eigenvalue weighted by Crippen LogP contribution is 2.29. The lowest BCUT2D eigenvalue weighted by Crippen LogP contribution is -1.96. The van der Waals surface area contributed by atoms with Crippen LogP contribution in [0.4, 0.5) is 0 Å². The van der Waals surface area contributed by atoms with Crippen LogP contribution in [0.15, 0.2) is 24.3 Å². The molecule has 3 aromatic heterocycles. The maximum atomic E-state index is 4.76. The molecule has 4 rings (SSSR count). The van der Waals surface area contributed by atoms with E-state index in [9.17, 15) is 0 Å². The summed E-state index contributed by atoms with van der Waals surface area (Å²) in [5, 5.41) is 18.9. The summed E-state index contributed by atoms with van der Waals surface area (Å²) < 4.78 is 3.73. The van der Waals surface area contributed by atoms with Crippen LogP contribution in [-0.4, -0.2) is 29.6 Å². The summed E-state index contributed by atoms with van der Waals surface area (Å²) in [6.45, 7) is 6.34. The molecule has 4 aromatic rings. The molecule has 0 saturated heterocycles. The first-order valence-corrected chi connectivity index (χ1v) is 9.21. The third-order valence-corrected chi connectivity index (χ3v) is 5.05. The molecular weight excluding hydrogens is 332 g/mol. The Hall–Kier alpha value is -2.54. The Labute approximate surface area is 150 Å². The molecule has 0 aliphatic carbocycles. The van der Waals surface area contributed by atoms with Crippen molar-refractivity contribution < 1.29 is 0 Å². The van der Waals surface area contributed by atoms with Gasteiger partial charge in [0.2, 0.25) is 4.96 Å². The van der Waals surface area contributed by atoms with Crippen LogP contribution in [0.5, 0.6) is 0 Å². The molecule has 128 valence electrons. The molecule has 0 saturated carbocycles. The van der Waals surface area contributed by atoms with Gasteiger partial charge in [-0.2, -0.15) is 14.7 Å². The Bertz CT molecular complexity index is 1030. The molecule has 3 heterocycles. The van der Waals surface area contributed by atoms with Crippen molar-refractivity contribution in [3.05, 3.63) is 41.1 Å². The summed E-state index contributed by atoms with van der Waals surface area (Å²) in [6.07, 6.45) is 2.06. The predicted molar refractivity (Wildman–Crippen MR) is 99.8 cm³/mol. The number of fused-ring (bicyclic) bond motifs is 1. The summed E-state index contributed by atoms with van der Waals surface area (Å²) >= 11 is 1.54. The van der Waals surface area contributed by atoms with Gasteiger partial charge < -0.3 is 0 Å². The summed E-state index contributed by atoms with van der Waals surface area (Å²) in [6, 6.07) is 8.50. The molecule has 0 aliphatic heterocycles. The zero-order chi connectivity index (χ0) is 17.6. The van der Waals surface area contributed by atoms with E-state index in [1.807, 2.05) is 16.2 Å². The Morgan fingerprint density at radius 2 is 1.76 bits per heavy atom. The highest BCUT2D eigenvalue weighted by Gasteiger charge is 2.17. The van der Waals surface area contributed by atoms with E-state index in [4.69, 9.17) is 5.10 Å². The average molecular weight is 352 g/mol. The third kappa shape index (κ3) is 2.84. The number of aryl methyl sites for hydroxylation is 4. The molecule has 0 unspecified atom stereocenters. The predicted octanol–water partition coefficient (Wildman–Crippen LogP) is 3.82. The minimum atomic E-state index is 0.778. The first-order valence-electron chi connectivity index (χ1n) is 8.39. The maximum absolute atomic E-state index is 4.76. The second-order valence-electron chi connectivity index (χ2n) is 6.40. The zero-order valence-corrected chi connectivity index (χ0v) is 15.6. The number of rotatable bonds is 4. The maximum Gasteiger partial charge on any atom is 0.235 e. The van der Waals surface area contributed by atoms with Gasteiger partial charge in [-0.25, -0.2) is 0 Å². The Balaban J connectivity index is 1.81. The minimum absolute atomic E-state index is 0.778. The molecule has 0 fully saturated rings. The molecule has 0 radical (unpaired) electrons. The van der Waals surface area contributed by atoms with E-state index in [0.29, 0.717) is 0 Å². The van der Waals surface area contributed by atoms with Crippen molar-refractivity contribution in [1.29, 1.82) is 0 Å². The molecular formula is C18H20N6S. The number of benzene rings is 1. The minimum Gasteiger partial charge on any atom is -0.265 e. The van der Waals surface area contributed by atoms with Gasteiger partial charge in [-0.15, -0.1) is 10.2 Å². The van der Waals surface area contributed by atoms with Gasteiger partial charge in [-0.05, 0) is 38.5 Å². The SMILES string of the molecule is CCCc1cc(-c2nn3c(-c4cc(C)cc(C)c4)nnc3s2)n(C)n1. The van der Waals surface area contributed by atoms with Crippen molar-refractivity contribution >= 4 is 16.3 Å². The van der Waals surface area contributed by atoms with Crippen molar-refractivity contribution in [3.8, 4) is 22.1 Å². The third-order valence-electron chi connectivity index (χ3n) is 4.13. The average Bonchev–Trinajstić information content (AvgIpc) is 3.20. The lowest BCUT2D eigenvalue weighted by atomic mass is 10.1. The topological polar surface area (TPSA) is 60.9 Å². The van der Waals surface area contributed by atoms with Crippen LogP contribution in [0.2, 0.25) is 0 Å². The van der Waals surface area contributed by atoms with E-state index >= 15 is 0 Å². The highest BCUT2D eigenvalue weighted by molar-refractivity contribution is 7.19. The number of aromatic nitrogens is 6. The van der Waals surface area contributed by atoms with Crippen molar-refractivity contribution in [2.24, 2.45) is 7.05 Å². The largest absolute Gasteiger partial charge is 0.265 e. The monoisotopic (exact) mass is 352 g/mol. The second kappa shape index (κ2) is 6.07. The zero-order valence-electron chi connectivity index (χ0n) is 14.8. The standard InChI is InChI=1S/C18H20N6S/c1-5-6-14-10-15(23(4)21-14)17-22-24-16(19-20-18(24)25-17)13-8-11(2)7-12(3)9-13/h7-10H,5-6H2,1-4H3. The fourth-order valence-electron chi connectivity index (χ4n) is 3.11. The van der Waals surface area contributed by atoms with E-state index in [-0.39, 0.29) is 0 Å². The van der Waals surface area contributed by atoms with Gasteiger partial charge in [0.1, 0.15) is 0 Å². The lowest BCUT2D eigenvalue weighted by molar-refractivity contribution is 0.737. The molecule has 0 aliphatic rings. The Morgan fingerprint density at radius 3 is 2.48 bits per heavy atom. The number of nitrogens with zero attached hydrogens (tertiary/aromatic N) is 6. The molecule has 0 spiro atoms. The van der Waals surface area contributed by atoms with Crippen LogP contribution in [0, 0.1) is 13.8 Å². The number of hydrogen-bond acceptors (Lipinski definition) is 5. The molecule has 7 heteroatoms. The van der Waals surface area contributed by atoms with E-state index in [2.05, 4.69) is 60.3 Å². The molecule has 0 atom stereocenters. The summed E-state index contributed by atoms with van der Waals surface area (Å²) in [4.78, 5) is 0.794. The van der Waals surface area contributed by atoms with Crippen molar-refractivity contribution in [1.82, 2.24) is 29.6 Å². The Morgan fingerprint density at radius 1 is 1.00 bits per heavy atom. The van der Waals surface area contributed by atoms with Gasteiger partial charge in [-0.1, -0.05) is 41.9 Å². The van der Waals surface area contributed by atoms with Crippen molar-refractivity contribution in [3.63, 3.8) is 0 Å². The Kier molecular flexibility index (Phi) is 3.88. The van der Waals surface area contributed by atoms with Crippen LogP contribution in [0.1, 0.15) is 30.2 Å². The second-order valence-corrected chi connectivity index (χ2v) is 7.35. The van der Waals surface area contributed by atoms with Gasteiger partial charge >= 0.3 is 0 Å². The normalized spacial score (nSPS) is 11.5. The van der Waals surface area contributed by atoms with Gasteiger partial charge in [-0.3, -0.25) is 4.68 Å². The first-order chi connectivity index (χ1) is 12.0. The van der Waals surface area contributed by atoms with Gasteiger partial charge in [0.15, 0.2) is 10.8 Å². The van der Waals surface area contributed by atoms with E-state index in [0.717, 1.165) is 45.6 Å². The van der Waals surface area contributed by atoms with Gasteiger partial charge in [0.05, 0.1) is 11.4 Å². The summed E-state index contributed by atoms with van der Waals surface area (Å²) in [5.41, 5.74) is 5.57. The van der Waals surface area contributed by atoms with Crippen LogP contribution in [0.3, 0.4) is 0 Å². The van der Waals surface area contributed by atoms with Crippen molar-refractivity contribution in [2.45, 2.75) is 33.6 Å². The molecule has 0 bridgehead atoms. The van der Waals surface area contributed by atoms with Gasteiger partial charge in [0, 0.05) is 12.6 Å². The smallest absolute Gasteiger partial charge is 0.235 e. The lowest BCUT2D eigenvalue weighted by Gasteiger charge is -2.02. The van der Waals surface area contributed by atoms with Crippen LogP contribution in [0.25, 0.3) is 27.1 Å². The molecule has 25 heavy (non-hydrogen) atoms. The van der Waals surface area contributed by atoms with Crippen LogP contribution in [-0.2, 0) is 13.5 Å². The molecule has 0 amide bonds. The van der Waals surface area contributed by atoms with E-state index in [1.54, 1.807) is 0 Å². The van der Waals surface area contributed by atoms with Crippen LogP contribution >= 0.6 is 11.3 Å². The van der Waals surface area contributed by atoms with Crippen molar-refractivity contribution in [2.75, 3.05) is 0 Å². The molecule has 1 aromatic carbocycles. The fourth-order valence-corrected chi connectivity index (χ4v) is 4.00. The summed E-state index contributed by atoms with van der Waals surface area (Å²) in [5.74, 6) is 0.778. The fraction of sp³-hybridized carbons (Fsp3) is 0.333. The van der Waals surface area contributed by atoms with E-state index < -0.39 is 0 Å². The highest BCUT2D eigenvalue weighted by atomic mass is 32.1. The molecule has 0 N–H and O–H groups in total. The summed E-state index contributed by atoms with van der Waals surface area (Å²) in [7, 11) is 1.96. The number of hydrogen-bond donors (Lipinski definition) is 0. The first kappa shape index (κ1) is 16.0. The van der Waals surface area contributed by atoms with E-state index in [1.165, 1.54) is 22.5 Å². The van der Waals surface area contributed by atoms with Crippen LogP contribution < -0.4 is 0 Å². The molecule has 6 nitrogen and oxygen atoms in total.